The molecule has 1 aromatic rings. The predicted octanol–water partition coefficient (Wildman–Crippen LogP) is 1.97. The van der Waals surface area contributed by atoms with Gasteiger partial charge in [-0.2, -0.15) is 0 Å². The first-order chi connectivity index (χ1) is 7.75. The first-order valence-corrected chi connectivity index (χ1v) is 7.61. The molecule has 0 aliphatic heterocycles. The molecule has 1 unspecified atom stereocenters. The number of methoxy groups -OCH3 is 1. The Labute approximate surface area is 106 Å². The molecule has 0 aliphatic rings. The molecule has 1 heterocycles. The van der Waals surface area contributed by atoms with Gasteiger partial charge in [0.05, 0.1) is 6.10 Å². The Morgan fingerprint density at radius 2 is 2.06 bits per heavy atom. The highest BCUT2D eigenvalue weighted by atomic mass is 35.7. The van der Waals surface area contributed by atoms with E-state index in [0.717, 1.165) is 0 Å². The zero-order chi connectivity index (χ0) is 13.2. The van der Waals surface area contributed by atoms with Crippen LogP contribution in [0.25, 0.3) is 0 Å². The largest absolute Gasteiger partial charge is 0.380 e. The van der Waals surface area contributed by atoms with Crippen molar-refractivity contribution in [1.29, 1.82) is 0 Å². The van der Waals surface area contributed by atoms with Crippen LogP contribution in [0.1, 0.15) is 32.5 Å². The number of rotatable bonds is 5. The summed E-state index contributed by atoms with van der Waals surface area (Å²) < 4.78 is 29.4. The van der Waals surface area contributed by atoms with E-state index >= 15 is 0 Å². The molecular formula is C10H17ClN2O3S. The van der Waals surface area contributed by atoms with Crippen molar-refractivity contribution < 1.29 is 13.2 Å². The SMILES string of the molecule is COC(C)Cn1cc(S(=O)(=O)Cl)nc1C(C)C. The average molecular weight is 281 g/mol. The van der Waals surface area contributed by atoms with Crippen molar-refractivity contribution in [3.63, 3.8) is 0 Å². The van der Waals surface area contributed by atoms with Crippen LogP contribution in [-0.2, 0) is 20.3 Å². The van der Waals surface area contributed by atoms with Crippen LogP contribution < -0.4 is 0 Å². The molecule has 0 aromatic carbocycles. The minimum atomic E-state index is -3.78. The molecule has 5 nitrogen and oxygen atoms in total. The molecule has 0 amide bonds. The summed E-state index contributed by atoms with van der Waals surface area (Å²) in [4.78, 5) is 4.06. The van der Waals surface area contributed by atoms with Crippen molar-refractivity contribution in [1.82, 2.24) is 9.55 Å². The van der Waals surface area contributed by atoms with Crippen LogP contribution in [-0.4, -0.2) is 31.2 Å². The highest BCUT2D eigenvalue weighted by Gasteiger charge is 2.20. The van der Waals surface area contributed by atoms with Gasteiger partial charge >= 0.3 is 0 Å². The van der Waals surface area contributed by atoms with Crippen LogP contribution in [0, 0.1) is 0 Å². The van der Waals surface area contributed by atoms with Gasteiger partial charge in [0, 0.05) is 36.5 Å². The molecule has 0 spiro atoms. The summed E-state index contributed by atoms with van der Waals surface area (Å²) in [5.74, 6) is 0.805. The van der Waals surface area contributed by atoms with Crippen molar-refractivity contribution in [2.24, 2.45) is 0 Å². The second-order valence-electron chi connectivity index (χ2n) is 4.23. The molecule has 0 saturated heterocycles. The van der Waals surface area contributed by atoms with Crippen LogP contribution in [0.5, 0.6) is 0 Å². The van der Waals surface area contributed by atoms with Crippen LogP contribution in [0.3, 0.4) is 0 Å². The van der Waals surface area contributed by atoms with E-state index in [1.54, 1.807) is 11.7 Å². The molecule has 1 rings (SSSR count). The van der Waals surface area contributed by atoms with Gasteiger partial charge in [0.1, 0.15) is 5.82 Å². The molecule has 1 aromatic heterocycles. The summed E-state index contributed by atoms with van der Waals surface area (Å²) in [7, 11) is 3.11. The fraction of sp³-hybridized carbons (Fsp3) is 0.700. The summed E-state index contributed by atoms with van der Waals surface area (Å²) in [5, 5.41) is -0.105. The van der Waals surface area contributed by atoms with Crippen molar-refractivity contribution in [2.45, 2.75) is 44.4 Å². The number of hydrogen-bond acceptors (Lipinski definition) is 4. The monoisotopic (exact) mass is 280 g/mol. The standard InChI is InChI=1S/C10H17ClN2O3S/c1-7(2)10-12-9(17(11,14)15)6-13(10)5-8(3)16-4/h6-8H,5H2,1-4H3. The third kappa shape index (κ3) is 3.69. The molecule has 0 saturated carbocycles. The van der Waals surface area contributed by atoms with Crippen LogP contribution in [0.2, 0.25) is 0 Å². The van der Waals surface area contributed by atoms with Crippen LogP contribution in [0.4, 0.5) is 0 Å². The Balaban J connectivity index is 3.15. The Morgan fingerprint density at radius 1 is 1.47 bits per heavy atom. The number of ether oxygens (including phenoxy) is 1. The third-order valence-electron chi connectivity index (χ3n) is 2.41. The summed E-state index contributed by atoms with van der Waals surface area (Å²) in [6, 6.07) is 0. The van der Waals surface area contributed by atoms with Gasteiger partial charge in [-0.15, -0.1) is 0 Å². The Bertz CT molecular complexity index is 482. The first kappa shape index (κ1) is 14.5. The van der Waals surface area contributed by atoms with Gasteiger partial charge in [-0.25, -0.2) is 13.4 Å². The molecule has 0 aliphatic carbocycles. The third-order valence-corrected chi connectivity index (χ3v) is 3.58. The highest BCUT2D eigenvalue weighted by Crippen LogP contribution is 2.20. The van der Waals surface area contributed by atoms with E-state index in [1.165, 1.54) is 6.20 Å². The van der Waals surface area contributed by atoms with Gasteiger partial charge in [-0.1, -0.05) is 13.8 Å². The molecule has 0 fully saturated rings. The molecular weight excluding hydrogens is 264 g/mol. The molecule has 17 heavy (non-hydrogen) atoms. The van der Waals surface area contributed by atoms with E-state index in [2.05, 4.69) is 4.98 Å². The van der Waals surface area contributed by atoms with Gasteiger partial charge < -0.3 is 9.30 Å². The van der Waals surface area contributed by atoms with Gasteiger partial charge in [-0.05, 0) is 6.92 Å². The Morgan fingerprint density at radius 3 is 2.47 bits per heavy atom. The number of hydrogen-bond donors (Lipinski definition) is 0. The summed E-state index contributed by atoms with van der Waals surface area (Å²) in [5.41, 5.74) is 0. The fourth-order valence-corrected chi connectivity index (χ4v) is 2.16. The quantitative estimate of drug-likeness (QED) is 0.774. The lowest BCUT2D eigenvalue weighted by molar-refractivity contribution is 0.102. The van der Waals surface area contributed by atoms with Gasteiger partial charge in [-0.3, -0.25) is 0 Å². The smallest absolute Gasteiger partial charge is 0.280 e. The van der Waals surface area contributed by atoms with Crippen molar-refractivity contribution in [3.05, 3.63) is 12.0 Å². The van der Waals surface area contributed by atoms with Crippen molar-refractivity contribution in [3.8, 4) is 0 Å². The lowest BCUT2D eigenvalue weighted by Crippen LogP contribution is -2.16. The minimum absolute atomic E-state index is 0.0208. The second-order valence-corrected chi connectivity index (χ2v) is 6.74. The second kappa shape index (κ2) is 5.37. The van der Waals surface area contributed by atoms with E-state index in [0.29, 0.717) is 12.4 Å². The summed E-state index contributed by atoms with van der Waals surface area (Å²) in [6.45, 7) is 6.34. The summed E-state index contributed by atoms with van der Waals surface area (Å²) in [6.07, 6.45) is 1.43. The average Bonchev–Trinajstić information content (AvgIpc) is 2.61. The lowest BCUT2D eigenvalue weighted by atomic mass is 10.2. The van der Waals surface area contributed by atoms with E-state index in [1.807, 2.05) is 20.8 Å². The normalized spacial score (nSPS) is 14.2. The highest BCUT2D eigenvalue weighted by molar-refractivity contribution is 8.13. The van der Waals surface area contributed by atoms with Crippen molar-refractivity contribution in [2.75, 3.05) is 7.11 Å². The number of aromatic nitrogens is 2. The molecule has 98 valence electrons. The molecule has 0 radical (unpaired) electrons. The summed E-state index contributed by atoms with van der Waals surface area (Å²) >= 11 is 0. The number of nitrogens with zero attached hydrogens (tertiary/aromatic N) is 2. The van der Waals surface area contributed by atoms with E-state index in [-0.39, 0.29) is 17.0 Å². The maximum absolute atomic E-state index is 11.2. The van der Waals surface area contributed by atoms with E-state index in [9.17, 15) is 8.42 Å². The van der Waals surface area contributed by atoms with Crippen molar-refractivity contribution >= 4 is 19.7 Å². The van der Waals surface area contributed by atoms with Gasteiger partial charge in [0.2, 0.25) is 0 Å². The topological polar surface area (TPSA) is 61.2 Å². The maximum Gasteiger partial charge on any atom is 0.280 e. The van der Waals surface area contributed by atoms with E-state index < -0.39 is 9.05 Å². The number of halogens is 1. The molecule has 7 heteroatoms. The predicted molar refractivity (Wildman–Crippen MR) is 65.8 cm³/mol. The van der Waals surface area contributed by atoms with Gasteiger partial charge in [0.15, 0.2) is 5.03 Å². The van der Waals surface area contributed by atoms with Gasteiger partial charge in [0.25, 0.3) is 9.05 Å². The zero-order valence-electron chi connectivity index (χ0n) is 10.3. The Hall–Kier alpha value is -0.590. The Kier molecular flexibility index (Phi) is 4.57. The molecule has 0 bridgehead atoms. The lowest BCUT2D eigenvalue weighted by Gasteiger charge is -2.14. The zero-order valence-corrected chi connectivity index (χ0v) is 11.9. The molecule has 1 atom stereocenters. The fourth-order valence-electron chi connectivity index (χ4n) is 1.48. The van der Waals surface area contributed by atoms with Crippen LogP contribution >= 0.6 is 10.7 Å². The number of imidazole rings is 1. The first-order valence-electron chi connectivity index (χ1n) is 5.30. The molecule has 0 N–H and O–H groups in total. The maximum atomic E-state index is 11.2. The van der Waals surface area contributed by atoms with E-state index in [4.69, 9.17) is 15.4 Å². The van der Waals surface area contributed by atoms with Crippen LogP contribution in [0.15, 0.2) is 11.2 Å². The minimum Gasteiger partial charge on any atom is -0.380 e.